The van der Waals surface area contributed by atoms with Crippen molar-refractivity contribution >= 4 is 33.8 Å². The number of primary amides is 1. The Labute approximate surface area is 194 Å². The van der Waals surface area contributed by atoms with Crippen LogP contribution in [-0.4, -0.2) is 22.5 Å². The Hall–Kier alpha value is -3.04. The fourth-order valence-electron chi connectivity index (χ4n) is 3.43. The molecule has 2 heterocycles. The minimum Gasteiger partial charge on any atom is -0.386 e. The SMILES string of the molecule is Cc1ccc(NCC2CC2)c(Nc2sc(-c3c(F)cc(C(C)(C)O)cc3F)cc2C(N)=O)n1. The molecule has 1 fully saturated rings. The molecule has 0 aliphatic heterocycles. The van der Waals surface area contributed by atoms with Crippen molar-refractivity contribution in [3.8, 4) is 10.4 Å². The van der Waals surface area contributed by atoms with Crippen LogP contribution in [0.15, 0.2) is 30.3 Å². The third-order valence-corrected chi connectivity index (χ3v) is 6.61. The highest BCUT2D eigenvalue weighted by Crippen LogP contribution is 2.41. The van der Waals surface area contributed by atoms with Gasteiger partial charge in [-0.15, -0.1) is 11.3 Å². The van der Waals surface area contributed by atoms with Crippen molar-refractivity contribution in [3.05, 3.63) is 58.8 Å². The molecule has 174 valence electrons. The third kappa shape index (κ3) is 5.15. The van der Waals surface area contributed by atoms with Gasteiger partial charge in [-0.05, 0) is 75.4 Å². The monoisotopic (exact) mass is 472 g/mol. The summed E-state index contributed by atoms with van der Waals surface area (Å²) in [5.41, 5.74) is 5.64. The maximum Gasteiger partial charge on any atom is 0.251 e. The maximum atomic E-state index is 14.9. The average Bonchev–Trinajstić information content (AvgIpc) is 3.45. The molecule has 1 saturated carbocycles. The van der Waals surface area contributed by atoms with Gasteiger partial charge in [-0.25, -0.2) is 13.8 Å². The Morgan fingerprint density at radius 3 is 2.48 bits per heavy atom. The second kappa shape index (κ2) is 8.72. The molecule has 0 bridgehead atoms. The van der Waals surface area contributed by atoms with Gasteiger partial charge in [0, 0.05) is 17.1 Å². The summed E-state index contributed by atoms with van der Waals surface area (Å²) in [4.78, 5) is 16.8. The van der Waals surface area contributed by atoms with Crippen molar-refractivity contribution in [2.75, 3.05) is 17.2 Å². The van der Waals surface area contributed by atoms with Gasteiger partial charge in [-0.1, -0.05) is 0 Å². The van der Waals surface area contributed by atoms with E-state index in [1.807, 2.05) is 19.1 Å². The van der Waals surface area contributed by atoms with Crippen LogP contribution < -0.4 is 16.4 Å². The normalized spacial score (nSPS) is 13.8. The number of pyridine rings is 1. The van der Waals surface area contributed by atoms with Gasteiger partial charge in [0.15, 0.2) is 5.82 Å². The quantitative estimate of drug-likeness (QED) is 0.357. The lowest BCUT2D eigenvalue weighted by atomic mass is 9.96. The number of aliphatic hydroxyl groups is 1. The molecular weight excluding hydrogens is 446 g/mol. The predicted octanol–water partition coefficient (Wildman–Crippen LogP) is 5.29. The molecule has 0 radical (unpaired) electrons. The smallest absolute Gasteiger partial charge is 0.251 e. The molecule has 1 aliphatic carbocycles. The van der Waals surface area contributed by atoms with Crippen LogP contribution in [0.5, 0.6) is 0 Å². The molecule has 0 spiro atoms. The highest BCUT2D eigenvalue weighted by Gasteiger charge is 2.25. The topological polar surface area (TPSA) is 100 Å². The van der Waals surface area contributed by atoms with Crippen molar-refractivity contribution in [3.63, 3.8) is 0 Å². The molecule has 1 aromatic carbocycles. The van der Waals surface area contributed by atoms with E-state index < -0.39 is 23.1 Å². The Kier molecular flexibility index (Phi) is 6.11. The van der Waals surface area contributed by atoms with Crippen molar-refractivity contribution in [2.24, 2.45) is 11.7 Å². The fourth-order valence-corrected chi connectivity index (χ4v) is 4.54. The summed E-state index contributed by atoms with van der Waals surface area (Å²) in [6, 6.07) is 7.34. The van der Waals surface area contributed by atoms with Crippen LogP contribution in [0.3, 0.4) is 0 Å². The first-order valence-corrected chi connectivity index (χ1v) is 11.5. The summed E-state index contributed by atoms with van der Waals surface area (Å²) >= 11 is 1.01. The summed E-state index contributed by atoms with van der Waals surface area (Å²) in [6.45, 7) is 5.56. The Bertz CT molecular complexity index is 1190. The number of nitrogens with one attached hydrogen (secondary N) is 2. The molecule has 33 heavy (non-hydrogen) atoms. The molecule has 0 atom stereocenters. The number of anilines is 3. The Morgan fingerprint density at radius 2 is 1.91 bits per heavy atom. The number of hydrogen-bond acceptors (Lipinski definition) is 6. The van der Waals surface area contributed by atoms with Crippen LogP contribution in [-0.2, 0) is 5.60 Å². The van der Waals surface area contributed by atoms with Gasteiger partial charge < -0.3 is 21.5 Å². The number of thiophene rings is 1. The second-order valence-electron chi connectivity index (χ2n) is 8.89. The van der Waals surface area contributed by atoms with E-state index in [0.29, 0.717) is 16.7 Å². The van der Waals surface area contributed by atoms with E-state index in [-0.39, 0.29) is 21.6 Å². The lowest BCUT2D eigenvalue weighted by Crippen LogP contribution is -2.16. The first-order valence-electron chi connectivity index (χ1n) is 10.7. The van der Waals surface area contributed by atoms with Gasteiger partial charge >= 0.3 is 0 Å². The molecule has 2 aromatic heterocycles. The third-order valence-electron chi connectivity index (χ3n) is 5.54. The molecule has 3 aromatic rings. The maximum absolute atomic E-state index is 14.9. The van der Waals surface area contributed by atoms with E-state index in [1.165, 1.54) is 32.8 Å². The van der Waals surface area contributed by atoms with Gasteiger partial charge in [0.1, 0.15) is 16.6 Å². The summed E-state index contributed by atoms with van der Waals surface area (Å²) in [5.74, 6) is -1.25. The van der Waals surface area contributed by atoms with E-state index in [1.54, 1.807) is 0 Å². The van der Waals surface area contributed by atoms with E-state index in [2.05, 4.69) is 15.6 Å². The number of nitrogens with two attached hydrogens (primary N) is 1. The number of carbonyl (C=O) groups excluding carboxylic acids is 1. The molecular formula is C24H26F2N4O2S. The average molecular weight is 473 g/mol. The number of carbonyl (C=O) groups is 1. The van der Waals surface area contributed by atoms with Crippen LogP contribution in [0.2, 0.25) is 0 Å². The van der Waals surface area contributed by atoms with Crippen molar-refractivity contribution in [1.82, 2.24) is 4.98 Å². The zero-order chi connectivity index (χ0) is 23.9. The largest absolute Gasteiger partial charge is 0.386 e. The van der Waals surface area contributed by atoms with Crippen molar-refractivity contribution < 1.29 is 18.7 Å². The van der Waals surface area contributed by atoms with Gasteiger partial charge in [0.25, 0.3) is 5.91 Å². The minimum atomic E-state index is -1.40. The second-order valence-corrected chi connectivity index (χ2v) is 9.94. The van der Waals surface area contributed by atoms with Crippen LogP contribution >= 0.6 is 11.3 Å². The van der Waals surface area contributed by atoms with Crippen LogP contribution in [0.4, 0.5) is 25.3 Å². The number of halogens is 2. The number of aromatic nitrogens is 1. The number of hydrogen-bond donors (Lipinski definition) is 4. The zero-order valence-corrected chi connectivity index (χ0v) is 19.4. The van der Waals surface area contributed by atoms with E-state index >= 15 is 0 Å². The Morgan fingerprint density at radius 1 is 1.24 bits per heavy atom. The lowest BCUT2D eigenvalue weighted by Gasteiger charge is -2.18. The first kappa shape index (κ1) is 23.1. The number of nitrogens with zero attached hydrogens (tertiary/aromatic N) is 1. The number of amides is 1. The highest BCUT2D eigenvalue weighted by molar-refractivity contribution is 7.20. The molecule has 5 N–H and O–H groups in total. The molecule has 0 saturated heterocycles. The van der Waals surface area contributed by atoms with E-state index in [4.69, 9.17) is 5.73 Å². The lowest BCUT2D eigenvalue weighted by molar-refractivity contribution is 0.0778. The number of benzene rings is 1. The minimum absolute atomic E-state index is 0.108. The van der Waals surface area contributed by atoms with Crippen LogP contribution in [0, 0.1) is 24.5 Å². The molecule has 1 amide bonds. The fraction of sp³-hybridized carbons (Fsp3) is 0.333. The van der Waals surface area contributed by atoms with Gasteiger partial charge in [-0.3, -0.25) is 4.79 Å². The predicted molar refractivity (Wildman–Crippen MR) is 127 cm³/mol. The molecule has 4 rings (SSSR count). The number of aryl methyl sites for hydroxylation is 1. The van der Waals surface area contributed by atoms with Gasteiger partial charge in [0.2, 0.25) is 0 Å². The summed E-state index contributed by atoms with van der Waals surface area (Å²) < 4.78 is 29.8. The summed E-state index contributed by atoms with van der Waals surface area (Å²) in [6.07, 6.45) is 2.39. The van der Waals surface area contributed by atoms with E-state index in [9.17, 15) is 18.7 Å². The summed E-state index contributed by atoms with van der Waals surface area (Å²) in [7, 11) is 0. The van der Waals surface area contributed by atoms with Crippen molar-refractivity contribution in [2.45, 2.75) is 39.2 Å². The first-order chi connectivity index (χ1) is 15.5. The molecule has 0 unspecified atom stereocenters. The number of rotatable bonds is 8. The summed E-state index contributed by atoms with van der Waals surface area (Å²) in [5, 5.41) is 16.9. The van der Waals surface area contributed by atoms with Gasteiger partial charge in [-0.2, -0.15) is 0 Å². The highest BCUT2D eigenvalue weighted by atomic mass is 32.1. The van der Waals surface area contributed by atoms with Gasteiger partial charge in [0.05, 0.1) is 22.4 Å². The van der Waals surface area contributed by atoms with E-state index in [0.717, 1.165) is 41.4 Å². The molecule has 1 aliphatic rings. The van der Waals surface area contributed by atoms with Crippen molar-refractivity contribution in [1.29, 1.82) is 0 Å². The standard InChI is InChI=1S/C24H26F2N4O2S/c1-12-4-7-18(28-11-13-5-6-13)22(29-12)30-23-15(21(27)31)10-19(33-23)20-16(25)8-14(9-17(20)26)24(2,3)32/h4,7-10,13,28,32H,5-6,11H2,1-3H3,(H2,27,31)(H,29,30). The van der Waals surface area contributed by atoms with Crippen LogP contribution in [0.1, 0.15) is 48.3 Å². The zero-order valence-electron chi connectivity index (χ0n) is 18.6. The molecule has 6 nitrogen and oxygen atoms in total. The Balaban J connectivity index is 1.72. The molecule has 9 heteroatoms. The van der Waals surface area contributed by atoms with Crippen LogP contribution in [0.25, 0.3) is 10.4 Å².